The van der Waals surface area contributed by atoms with Crippen molar-refractivity contribution in [2.45, 2.75) is 12.3 Å². The number of nitrogens with one attached hydrogen (secondary N) is 1. The standard InChI is InChI=1S/C16H14N2O3/c19-15(13-9-12(13)10-4-2-1-3-5-10)18-14-8-11(16(20)21)6-7-17-14/h1-8,12-13H,9H2,(H,20,21)(H,17,18,19). The van der Waals surface area contributed by atoms with Gasteiger partial charge in [-0.2, -0.15) is 0 Å². The van der Waals surface area contributed by atoms with Crippen molar-refractivity contribution in [3.8, 4) is 0 Å². The number of anilines is 1. The molecule has 5 heteroatoms. The Kier molecular flexibility index (Phi) is 3.39. The molecular formula is C16H14N2O3. The van der Waals surface area contributed by atoms with Gasteiger partial charge in [-0.3, -0.25) is 4.79 Å². The van der Waals surface area contributed by atoms with Crippen LogP contribution in [-0.4, -0.2) is 22.0 Å². The van der Waals surface area contributed by atoms with E-state index in [0.717, 1.165) is 12.0 Å². The first kappa shape index (κ1) is 13.3. The summed E-state index contributed by atoms with van der Waals surface area (Å²) in [7, 11) is 0. The van der Waals surface area contributed by atoms with Crippen molar-refractivity contribution in [1.29, 1.82) is 0 Å². The van der Waals surface area contributed by atoms with Gasteiger partial charge in [0.25, 0.3) is 0 Å². The van der Waals surface area contributed by atoms with Crippen LogP contribution in [0.25, 0.3) is 0 Å². The zero-order valence-corrected chi connectivity index (χ0v) is 11.2. The van der Waals surface area contributed by atoms with Crippen molar-refractivity contribution < 1.29 is 14.7 Å². The second kappa shape index (κ2) is 5.36. The number of carboxylic acid groups (broad SMARTS) is 1. The molecule has 3 rings (SSSR count). The summed E-state index contributed by atoms with van der Waals surface area (Å²) in [5.41, 5.74) is 1.26. The van der Waals surface area contributed by atoms with E-state index in [1.54, 1.807) is 0 Å². The summed E-state index contributed by atoms with van der Waals surface area (Å²) < 4.78 is 0. The van der Waals surface area contributed by atoms with E-state index >= 15 is 0 Å². The molecule has 0 saturated heterocycles. The minimum atomic E-state index is -1.04. The molecule has 1 saturated carbocycles. The average Bonchev–Trinajstić information content (AvgIpc) is 3.29. The summed E-state index contributed by atoms with van der Waals surface area (Å²) in [6, 6.07) is 12.6. The minimum absolute atomic E-state index is 0.0670. The van der Waals surface area contributed by atoms with Gasteiger partial charge in [0.2, 0.25) is 5.91 Å². The molecule has 1 heterocycles. The normalized spacial score (nSPS) is 19.8. The van der Waals surface area contributed by atoms with Crippen LogP contribution in [0.4, 0.5) is 5.82 Å². The van der Waals surface area contributed by atoms with Crippen molar-refractivity contribution in [2.24, 2.45) is 5.92 Å². The van der Waals surface area contributed by atoms with Gasteiger partial charge in [-0.25, -0.2) is 9.78 Å². The zero-order valence-electron chi connectivity index (χ0n) is 11.2. The number of amides is 1. The van der Waals surface area contributed by atoms with Crippen LogP contribution in [0.1, 0.15) is 28.3 Å². The fraction of sp³-hybridized carbons (Fsp3) is 0.188. The smallest absolute Gasteiger partial charge is 0.335 e. The molecule has 1 aliphatic rings. The fourth-order valence-corrected chi connectivity index (χ4v) is 2.40. The lowest BCUT2D eigenvalue weighted by molar-refractivity contribution is -0.117. The molecule has 1 aromatic carbocycles. The van der Waals surface area contributed by atoms with Crippen LogP contribution in [-0.2, 0) is 4.79 Å². The van der Waals surface area contributed by atoms with Gasteiger partial charge < -0.3 is 10.4 Å². The van der Waals surface area contributed by atoms with Crippen LogP contribution >= 0.6 is 0 Å². The fourth-order valence-electron chi connectivity index (χ4n) is 2.40. The number of aromatic carboxylic acids is 1. The molecule has 1 aliphatic carbocycles. The van der Waals surface area contributed by atoms with Crippen molar-refractivity contribution in [3.05, 3.63) is 59.8 Å². The third-order valence-corrected chi connectivity index (χ3v) is 3.61. The van der Waals surface area contributed by atoms with E-state index in [2.05, 4.69) is 10.3 Å². The van der Waals surface area contributed by atoms with E-state index in [0.29, 0.717) is 0 Å². The van der Waals surface area contributed by atoms with Crippen LogP contribution in [0.3, 0.4) is 0 Å². The molecule has 0 spiro atoms. The van der Waals surface area contributed by atoms with Crippen molar-refractivity contribution in [1.82, 2.24) is 4.98 Å². The second-order valence-electron chi connectivity index (χ2n) is 5.08. The Hall–Kier alpha value is -2.69. The number of carboxylic acids is 1. The van der Waals surface area contributed by atoms with Gasteiger partial charge >= 0.3 is 5.97 Å². The Bertz CT molecular complexity index is 685. The molecule has 0 radical (unpaired) electrons. The number of hydrogen-bond donors (Lipinski definition) is 2. The topological polar surface area (TPSA) is 79.3 Å². The van der Waals surface area contributed by atoms with E-state index in [9.17, 15) is 9.59 Å². The molecule has 2 aromatic rings. The monoisotopic (exact) mass is 282 g/mol. The molecule has 2 unspecified atom stereocenters. The lowest BCUT2D eigenvalue weighted by Gasteiger charge is -2.05. The van der Waals surface area contributed by atoms with E-state index in [-0.39, 0.29) is 29.1 Å². The summed E-state index contributed by atoms with van der Waals surface area (Å²) in [6.45, 7) is 0. The van der Waals surface area contributed by atoms with Gasteiger partial charge in [0, 0.05) is 12.1 Å². The predicted octanol–water partition coefficient (Wildman–Crippen LogP) is 2.52. The SMILES string of the molecule is O=C(O)c1ccnc(NC(=O)C2CC2c2ccccc2)c1. The summed E-state index contributed by atoms with van der Waals surface area (Å²) >= 11 is 0. The zero-order chi connectivity index (χ0) is 14.8. The highest BCUT2D eigenvalue weighted by molar-refractivity contribution is 5.96. The minimum Gasteiger partial charge on any atom is -0.478 e. The molecule has 0 aliphatic heterocycles. The molecule has 5 nitrogen and oxygen atoms in total. The van der Waals surface area contributed by atoms with Crippen molar-refractivity contribution >= 4 is 17.7 Å². The van der Waals surface area contributed by atoms with Gasteiger partial charge in [0.15, 0.2) is 0 Å². The summed E-state index contributed by atoms with van der Waals surface area (Å²) in [6.07, 6.45) is 2.19. The number of hydrogen-bond acceptors (Lipinski definition) is 3. The first-order valence-corrected chi connectivity index (χ1v) is 6.70. The third-order valence-electron chi connectivity index (χ3n) is 3.61. The largest absolute Gasteiger partial charge is 0.478 e. The van der Waals surface area contributed by atoms with E-state index in [4.69, 9.17) is 5.11 Å². The maximum absolute atomic E-state index is 12.1. The van der Waals surface area contributed by atoms with Gasteiger partial charge in [0.05, 0.1) is 5.56 Å². The van der Waals surface area contributed by atoms with Crippen LogP contribution in [0.15, 0.2) is 48.7 Å². The van der Waals surface area contributed by atoms with E-state index < -0.39 is 5.97 Å². The molecule has 1 fully saturated rings. The number of pyridine rings is 1. The summed E-state index contributed by atoms with van der Waals surface area (Å²) in [4.78, 5) is 27.0. The van der Waals surface area contributed by atoms with Gasteiger partial charge in [-0.1, -0.05) is 30.3 Å². The van der Waals surface area contributed by atoms with Crippen LogP contribution in [0, 0.1) is 5.92 Å². The van der Waals surface area contributed by atoms with E-state index in [1.165, 1.54) is 18.3 Å². The quantitative estimate of drug-likeness (QED) is 0.903. The first-order valence-electron chi connectivity index (χ1n) is 6.70. The maximum atomic E-state index is 12.1. The molecule has 106 valence electrons. The molecule has 2 atom stereocenters. The van der Waals surface area contributed by atoms with Crippen molar-refractivity contribution in [2.75, 3.05) is 5.32 Å². The van der Waals surface area contributed by atoms with Crippen LogP contribution < -0.4 is 5.32 Å². The molecule has 1 aromatic heterocycles. The number of nitrogens with zero attached hydrogens (tertiary/aromatic N) is 1. The number of rotatable bonds is 4. The summed E-state index contributed by atoms with van der Waals surface area (Å²) in [5.74, 6) is -0.699. The highest BCUT2D eigenvalue weighted by Crippen LogP contribution is 2.47. The molecule has 21 heavy (non-hydrogen) atoms. The third kappa shape index (κ3) is 2.91. The van der Waals surface area contributed by atoms with Gasteiger partial charge in [0.1, 0.15) is 5.82 Å². The Labute approximate surface area is 121 Å². The second-order valence-corrected chi connectivity index (χ2v) is 5.08. The van der Waals surface area contributed by atoms with E-state index in [1.807, 2.05) is 30.3 Å². The Balaban J connectivity index is 1.66. The Morgan fingerprint density at radius 1 is 1.19 bits per heavy atom. The molecule has 1 amide bonds. The lowest BCUT2D eigenvalue weighted by Crippen LogP contribution is -2.16. The highest BCUT2D eigenvalue weighted by Gasteiger charge is 2.43. The van der Waals surface area contributed by atoms with Crippen LogP contribution in [0.5, 0.6) is 0 Å². The lowest BCUT2D eigenvalue weighted by atomic mass is 10.1. The average molecular weight is 282 g/mol. The first-order chi connectivity index (χ1) is 10.1. The number of carbonyl (C=O) groups is 2. The van der Waals surface area contributed by atoms with Gasteiger partial charge in [-0.15, -0.1) is 0 Å². The predicted molar refractivity (Wildman–Crippen MR) is 77.1 cm³/mol. The number of carbonyl (C=O) groups excluding carboxylic acids is 1. The Morgan fingerprint density at radius 3 is 2.67 bits per heavy atom. The van der Waals surface area contributed by atoms with Crippen LogP contribution in [0.2, 0.25) is 0 Å². The molecule has 0 bridgehead atoms. The molecular weight excluding hydrogens is 268 g/mol. The number of aromatic nitrogens is 1. The number of benzene rings is 1. The Morgan fingerprint density at radius 2 is 1.95 bits per heavy atom. The highest BCUT2D eigenvalue weighted by atomic mass is 16.4. The van der Waals surface area contributed by atoms with Gasteiger partial charge in [-0.05, 0) is 30.0 Å². The maximum Gasteiger partial charge on any atom is 0.335 e. The van der Waals surface area contributed by atoms with Crippen molar-refractivity contribution in [3.63, 3.8) is 0 Å². The molecule has 2 N–H and O–H groups in total. The summed E-state index contributed by atoms with van der Waals surface area (Å²) in [5, 5.41) is 11.6.